The maximum Gasteiger partial charge on any atom is 0.118 e. The van der Waals surface area contributed by atoms with E-state index in [4.69, 9.17) is 4.74 Å². The highest BCUT2D eigenvalue weighted by Crippen LogP contribution is 2.67. The van der Waals surface area contributed by atoms with Crippen LogP contribution < -0.4 is 4.90 Å². The quantitative estimate of drug-likeness (QED) is 0.287. The van der Waals surface area contributed by atoms with Crippen molar-refractivity contribution in [3.05, 3.63) is 149 Å². The molecule has 1 saturated heterocycles. The van der Waals surface area contributed by atoms with Crippen molar-refractivity contribution in [1.82, 2.24) is 0 Å². The highest BCUT2D eigenvalue weighted by molar-refractivity contribution is 5.67. The zero-order chi connectivity index (χ0) is 34.1. The van der Waals surface area contributed by atoms with Gasteiger partial charge in [-0.25, -0.2) is 8.78 Å². The highest BCUT2D eigenvalue weighted by atomic mass is 19.1. The van der Waals surface area contributed by atoms with Gasteiger partial charge in [-0.05, 0) is 130 Å². The summed E-state index contributed by atoms with van der Waals surface area (Å²) in [4.78, 5) is 2.59. The first-order valence-corrected chi connectivity index (χ1v) is 19.8. The van der Waals surface area contributed by atoms with Gasteiger partial charge in [0.1, 0.15) is 18.1 Å². The lowest BCUT2D eigenvalue weighted by atomic mass is 9.54. The summed E-state index contributed by atoms with van der Waals surface area (Å²) in [6, 6.07) is 7.56. The van der Waals surface area contributed by atoms with Gasteiger partial charge in [0.2, 0.25) is 0 Å². The maximum atomic E-state index is 14.9. The van der Waals surface area contributed by atoms with E-state index in [0.717, 1.165) is 51.4 Å². The fourth-order valence-corrected chi connectivity index (χ4v) is 11.9. The number of rotatable bonds is 5. The molecule has 0 amide bonds. The van der Waals surface area contributed by atoms with Crippen molar-refractivity contribution < 1.29 is 13.5 Å². The average molecular weight is 682 g/mol. The highest BCUT2D eigenvalue weighted by Gasteiger charge is 2.59. The van der Waals surface area contributed by atoms with Crippen molar-refractivity contribution in [1.29, 1.82) is 0 Å². The fourth-order valence-electron chi connectivity index (χ4n) is 11.9. The van der Waals surface area contributed by atoms with Gasteiger partial charge in [-0.15, -0.1) is 0 Å². The molecule has 262 valence electrons. The van der Waals surface area contributed by atoms with Crippen molar-refractivity contribution in [2.24, 2.45) is 23.7 Å². The van der Waals surface area contributed by atoms with E-state index in [1.54, 1.807) is 17.7 Å². The minimum Gasteiger partial charge on any atom is -0.367 e. The number of ether oxygens (including phenoxy) is 1. The fraction of sp³-hybridized carbons (Fsp3) is 0.447. The summed E-state index contributed by atoms with van der Waals surface area (Å²) in [5, 5.41) is 0. The number of anilines is 1. The van der Waals surface area contributed by atoms with Crippen LogP contribution in [0, 0.1) is 23.7 Å². The van der Waals surface area contributed by atoms with Gasteiger partial charge in [0.05, 0.1) is 12.1 Å². The minimum atomic E-state index is -0.789. The molecular weight excluding hydrogens is 633 g/mol. The van der Waals surface area contributed by atoms with E-state index in [2.05, 4.69) is 102 Å². The predicted octanol–water partition coefficient (Wildman–Crippen LogP) is 11.5. The van der Waals surface area contributed by atoms with E-state index in [1.807, 2.05) is 0 Å². The number of allylic oxidation sites excluding steroid dienone is 15. The monoisotopic (exact) mass is 681 g/mol. The zero-order valence-corrected chi connectivity index (χ0v) is 29.5. The molecule has 10 atom stereocenters. The van der Waals surface area contributed by atoms with Crippen LogP contribution >= 0.6 is 0 Å². The van der Waals surface area contributed by atoms with E-state index in [0.29, 0.717) is 42.9 Å². The van der Waals surface area contributed by atoms with Gasteiger partial charge in [-0.2, -0.15) is 0 Å². The number of fused-ring (bicyclic) bond motifs is 7. The number of benzene rings is 1. The lowest BCUT2D eigenvalue weighted by Gasteiger charge is -2.49. The second-order valence-corrected chi connectivity index (χ2v) is 16.4. The second kappa shape index (κ2) is 12.7. The molecule has 10 rings (SSSR count). The molecule has 2 nitrogen and oxygen atoms in total. The lowest BCUT2D eigenvalue weighted by Crippen LogP contribution is -2.44. The average Bonchev–Trinajstić information content (AvgIpc) is 3.71. The Morgan fingerprint density at radius 1 is 0.804 bits per heavy atom. The molecular formula is C47H49F2NO. The summed E-state index contributed by atoms with van der Waals surface area (Å²) < 4.78 is 36.7. The van der Waals surface area contributed by atoms with E-state index in [-0.39, 0.29) is 35.4 Å². The largest absolute Gasteiger partial charge is 0.367 e. The molecule has 0 radical (unpaired) electrons. The van der Waals surface area contributed by atoms with Gasteiger partial charge < -0.3 is 9.64 Å². The number of hydrogen-bond donors (Lipinski definition) is 0. The first kappa shape index (κ1) is 31.9. The topological polar surface area (TPSA) is 12.5 Å². The smallest absolute Gasteiger partial charge is 0.118 e. The Bertz CT molecular complexity index is 1920. The van der Waals surface area contributed by atoms with Crippen molar-refractivity contribution in [3.63, 3.8) is 0 Å². The number of hydrogen-bond acceptors (Lipinski definition) is 2. The Hall–Kier alpha value is -3.76. The Labute approximate surface area is 302 Å². The van der Waals surface area contributed by atoms with Gasteiger partial charge in [-0.3, -0.25) is 0 Å². The first-order chi connectivity index (χ1) is 25.1. The number of halogens is 2. The van der Waals surface area contributed by atoms with E-state index >= 15 is 0 Å². The molecule has 1 aromatic rings. The van der Waals surface area contributed by atoms with E-state index in [9.17, 15) is 8.78 Å². The Morgan fingerprint density at radius 3 is 2.61 bits per heavy atom. The van der Waals surface area contributed by atoms with Gasteiger partial charge in [0.15, 0.2) is 0 Å². The summed E-state index contributed by atoms with van der Waals surface area (Å²) in [6.07, 6.45) is 42.8. The van der Waals surface area contributed by atoms with Gasteiger partial charge in [0, 0.05) is 34.6 Å². The van der Waals surface area contributed by atoms with Crippen molar-refractivity contribution >= 4 is 5.69 Å². The van der Waals surface area contributed by atoms with Crippen LogP contribution in [0.15, 0.2) is 138 Å². The molecule has 0 bridgehead atoms. The van der Waals surface area contributed by atoms with Crippen molar-refractivity contribution in [3.8, 4) is 0 Å². The Morgan fingerprint density at radius 2 is 1.76 bits per heavy atom. The van der Waals surface area contributed by atoms with Crippen molar-refractivity contribution in [2.45, 2.75) is 106 Å². The second-order valence-electron chi connectivity index (χ2n) is 16.4. The predicted molar refractivity (Wildman–Crippen MR) is 203 cm³/mol. The molecule has 0 saturated carbocycles. The third-order valence-electron chi connectivity index (χ3n) is 14.0. The third kappa shape index (κ3) is 5.02. The van der Waals surface area contributed by atoms with E-state index < -0.39 is 6.17 Å². The van der Waals surface area contributed by atoms with Crippen LogP contribution in [0.1, 0.15) is 87.7 Å². The molecule has 1 aromatic carbocycles. The molecule has 0 aromatic heterocycles. The maximum absolute atomic E-state index is 14.9. The van der Waals surface area contributed by atoms with Gasteiger partial charge >= 0.3 is 0 Å². The Kier molecular flexibility index (Phi) is 7.97. The van der Waals surface area contributed by atoms with Crippen LogP contribution in [0.25, 0.3) is 0 Å². The lowest BCUT2D eigenvalue weighted by molar-refractivity contribution is 0.0455. The van der Waals surface area contributed by atoms with Crippen LogP contribution in [0.5, 0.6) is 0 Å². The molecule has 0 N–H and O–H groups in total. The molecule has 1 aliphatic heterocycles. The Balaban J connectivity index is 1.17. The van der Waals surface area contributed by atoms with Crippen molar-refractivity contribution in [2.75, 3.05) is 4.90 Å². The molecule has 8 aliphatic carbocycles. The summed E-state index contributed by atoms with van der Waals surface area (Å²) in [6.45, 7) is 0. The number of nitrogens with zero attached hydrogens (tertiary/aromatic N) is 1. The van der Waals surface area contributed by atoms with Crippen LogP contribution in [-0.4, -0.2) is 24.4 Å². The minimum absolute atomic E-state index is 0.00585. The van der Waals surface area contributed by atoms with Crippen LogP contribution in [0.4, 0.5) is 14.5 Å². The summed E-state index contributed by atoms with van der Waals surface area (Å²) in [5.41, 5.74) is 9.52. The SMILES string of the molecule is FC1=CCC(C2(C3=CCC(F)CC3)c3cc(N(C4=CC=CC5C4OC4CCC=CC45)C4C=CC=CC4)ccc3C3C4=C(C=CCC4)CCC32)C=C1. The molecule has 1 heterocycles. The number of alkyl halides is 1. The van der Waals surface area contributed by atoms with Crippen LogP contribution in [0.2, 0.25) is 0 Å². The zero-order valence-electron chi connectivity index (χ0n) is 29.5. The van der Waals surface area contributed by atoms with Gasteiger partial charge in [0.25, 0.3) is 0 Å². The first-order valence-electron chi connectivity index (χ1n) is 19.8. The molecule has 51 heavy (non-hydrogen) atoms. The molecule has 4 heteroatoms. The molecule has 9 aliphatic rings. The standard InChI is InChI=1S/C47H49F2NO/c48-33-22-18-31(19-23-33)47(32-20-24-34(49)25-21-32)41-28-17-30-9-4-5-12-37(30)45(41)40-27-26-36(29-42(40)47)50(35-10-2-1-3-11-35)43-15-8-14-39-38-13-6-7-16-44(38)51-46(39)43/h1-4,6,8-10,13-15,18,20,22-23,26-27,29,31,34-35,38-39,41,44-46H,5,7,11-12,16-17,19,21,24-25,28H2. The third-order valence-corrected chi connectivity index (χ3v) is 14.0. The van der Waals surface area contributed by atoms with Crippen LogP contribution in [-0.2, 0) is 10.2 Å². The van der Waals surface area contributed by atoms with Crippen LogP contribution in [0.3, 0.4) is 0 Å². The van der Waals surface area contributed by atoms with E-state index in [1.165, 1.54) is 33.7 Å². The normalized spacial score (nSPS) is 38.7. The summed E-state index contributed by atoms with van der Waals surface area (Å²) >= 11 is 0. The summed E-state index contributed by atoms with van der Waals surface area (Å²) in [5.74, 6) is 1.41. The molecule has 0 spiro atoms. The summed E-state index contributed by atoms with van der Waals surface area (Å²) in [7, 11) is 0. The van der Waals surface area contributed by atoms with Gasteiger partial charge in [-0.1, -0.05) is 90.1 Å². The molecule has 1 fully saturated rings. The molecule has 10 unspecified atom stereocenters.